The van der Waals surface area contributed by atoms with Crippen molar-refractivity contribution in [3.63, 3.8) is 0 Å². The molecule has 112 valence electrons. The van der Waals surface area contributed by atoms with Crippen LogP contribution in [0.2, 0.25) is 0 Å². The summed E-state index contributed by atoms with van der Waals surface area (Å²) in [6, 6.07) is 0. The molecule has 0 aromatic carbocycles. The first kappa shape index (κ1) is 15.2. The summed E-state index contributed by atoms with van der Waals surface area (Å²) < 4.78 is 0. The van der Waals surface area contributed by atoms with Gasteiger partial charge in [-0.05, 0) is 31.2 Å². The van der Waals surface area contributed by atoms with E-state index < -0.39 is 0 Å². The molecule has 0 saturated heterocycles. The van der Waals surface area contributed by atoms with Gasteiger partial charge >= 0.3 is 0 Å². The lowest BCUT2D eigenvalue weighted by molar-refractivity contribution is 0.539. The van der Waals surface area contributed by atoms with E-state index in [1.165, 1.54) is 25.7 Å². The third-order valence-electron chi connectivity index (χ3n) is 3.93. The maximum Gasteiger partial charge on any atom is 0.147 e. The third-order valence-corrected chi connectivity index (χ3v) is 3.93. The highest BCUT2D eigenvalue weighted by Crippen LogP contribution is 2.26. The molecule has 0 bridgehead atoms. The fourth-order valence-corrected chi connectivity index (χ4v) is 2.83. The summed E-state index contributed by atoms with van der Waals surface area (Å²) in [5.41, 5.74) is 1.03. The average molecular weight is 276 g/mol. The first-order valence-electron chi connectivity index (χ1n) is 7.88. The minimum atomic E-state index is 0.663. The van der Waals surface area contributed by atoms with Crippen molar-refractivity contribution in [1.29, 1.82) is 0 Å². The van der Waals surface area contributed by atoms with Crippen molar-refractivity contribution in [3.05, 3.63) is 18.1 Å². The van der Waals surface area contributed by atoms with Crippen LogP contribution in [0.5, 0.6) is 0 Å². The van der Waals surface area contributed by atoms with Crippen molar-refractivity contribution < 1.29 is 0 Å². The van der Waals surface area contributed by atoms with Crippen molar-refractivity contribution >= 4 is 5.82 Å². The second kappa shape index (κ2) is 7.58. The van der Waals surface area contributed by atoms with Gasteiger partial charge in [-0.2, -0.15) is 0 Å². The van der Waals surface area contributed by atoms with Crippen LogP contribution in [0, 0.1) is 11.8 Å². The van der Waals surface area contributed by atoms with Crippen LogP contribution in [0.15, 0.2) is 12.4 Å². The van der Waals surface area contributed by atoms with Gasteiger partial charge in [0.2, 0.25) is 0 Å². The quantitative estimate of drug-likeness (QED) is 0.831. The van der Waals surface area contributed by atoms with E-state index in [0.717, 1.165) is 37.1 Å². The number of hydrogen-bond acceptors (Lipinski definition) is 4. The van der Waals surface area contributed by atoms with Gasteiger partial charge in [-0.15, -0.1) is 0 Å². The van der Waals surface area contributed by atoms with Crippen LogP contribution in [0.25, 0.3) is 0 Å². The summed E-state index contributed by atoms with van der Waals surface area (Å²) in [4.78, 5) is 11.3. The Kier molecular flexibility index (Phi) is 5.77. The molecule has 1 aliphatic rings. The molecule has 1 aliphatic carbocycles. The van der Waals surface area contributed by atoms with E-state index in [4.69, 9.17) is 4.98 Å². The van der Waals surface area contributed by atoms with Gasteiger partial charge in [-0.25, -0.2) is 4.98 Å². The van der Waals surface area contributed by atoms with E-state index in [1.807, 2.05) is 12.4 Å². The molecule has 1 aromatic heterocycles. The van der Waals surface area contributed by atoms with Gasteiger partial charge in [0.25, 0.3) is 0 Å². The summed E-state index contributed by atoms with van der Waals surface area (Å²) in [6.07, 6.45) is 9.26. The normalized spacial score (nSPS) is 16.0. The lowest BCUT2D eigenvalue weighted by atomic mass is 10.1. The molecule has 2 rings (SSSR count). The summed E-state index contributed by atoms with van der Waals surface area (Å²) in [5, 5.41) is 3.42. The van der Waals surface area contributed by atoms with E-state index in [1.54, 1.807) is 0 Å². The van der Waals surface area contributed by atoms with Gasteiger partial charge in [0.15, 0.2) is 0 Å². The predicted molar refractivity (Wildman–Crippen MR) is 83.8 cm³/mol. The van der Waals surface area contributed by atoms with Crippen LogP contribution >= 0.6 is 0 Å². The fraction of sp³-hybridized carbons (Fsp3) is 0.750. The van der Waals surface area contributed by atoms with Crippen molar-refractivity contribution in [2.45, 2.75) is 46.1 Å². The van der Waals surface area contributed by atoms with Gasteiger partial charge in [0.1, 0.15) is 5.82 Å². The maximum atomic E-state index is 4.71. The molecule has 1 saturated carbocycles. The van der Waals surface area contributed by atoms with E-state index in [2.05, 4.69) is 36.1 Å². The lowest BCUT2D eigenvalue weighted by Gasteiger charge is -2.22. The second-order valence-corrected chi connectivity index (χ2v) is 6.42. The molecule has 20 heavy (non-hydrogen) atoms. The Hall–Kier alpha value is -1.16. The molecule has 0 unspecified atom stereocenters. The Morgan fingerprint density at radius 2 is 2.05 bits per heavy atom. The Morgan fingerprint density at radius 1 is 1.30 bits per heavy atom. The average Bonchev–Trinajstić information content (AvgIpc) is 2.91. The largest absolute Gasteiger partial charge is 0.358 e. The van der Waals surface area contributed by atoms with Crippen LogP contribution in [0.3, 0.4) is 0 Å². The maximum absolute atomic E-state index is 4.71. The van der Waals surface area contributed by atoms with Crippen LogP contribution in [-0.2, 0) is 6.54 Å². The van der Waals surface area contributed by atoms with E-state index in [9.17, 15) is 0 Å². The van der Waals surface area contributed by atoms with Crippen LogP contribution in [-0.4, -0.2) is 30.1 Å². The van der Waals surface area contributed by atoms with Gasteiger partial charge in [0.05, 0.1) is 11.9 Å². The zero-order chi connectivity index (χ0) is 14.4. The highest BCUT2D eigenvalue weighted by molar-refractivity contribution is 5.35. The highest BCUT2D eigenvalue weighted by atomic mass is 15.2. The summed E-state index contributed by atoms with van der Waals surface area (Å²) in [6.45, 7) is 7.35. The standard InChI is InChI=1S/C16H28N4/c1-13(2)8-17-9-15-10-18-11-16(19-15)20(3)12-14-6-4-5-7-14/h10-11,13-14,17H,4-9,12H2,1-3H3. The smallest absolute Gasteiger partial charge is 0.147 e. The minimum absolute atomic E-state index is 0.663. The number of nitrogens with one attached hydrogen (secondary N) is 1. The Bertz CT molecular complexity index is 399. The first-order valence-corrected chi connectivity index (χ1v) is 7.88. The molecule has 1 heterocycles. The summed E-state index contributed by atoms with van der Waals surface area (Å²) in [5.74, 6) is 2.50. The molecule has 1 N–H and O–H groups in total. The first-order chi connectivity index (χ1) is 9.65. The van der Waals surface area contributed by atoms with Crippen LogP contribution in [0.1, 0.15) is 45.2 Å². The molecular weight excluding hydrogens is 248 g/mol. The summed E-state index contributed by atoms with van der Waals surface area (Å²) >= 11 is 0. The van der Waals surface area contributed by atoms with Gasteiger partial charge < -0.3 is 10.2 Å². The molecule has 0 atom stereocenters. The molecule has 4 nitrogen and oxygen atoms in total. The number of anilines is 1. The molecule has 1 aromatic rings. The van der Waals surface area contributed by atoms with Crippen molar-refractivity contribution in [2.24, 2.45) is 11.8 Å². The number of rotatable bonds is 7. The monoisotopic (exact) mass is 276 g/mol. The third kappa shape index (κ3) is 4.75. The number of nitrogens with zero attached hydrogens (tertiary/aromatic N) is 3. The van der Waals surface area contributed by atoms with Crippen molar-refractivity contribution in [3.8, 4) is 0 Å². The van der Waals surface area contributed by atoms with E-state index >= 15 is 0 Å². The van der Waals surface area contributed by atoms with E-state index in [0.29, 0.717) is 5.92 Å². The predicted octanol–water partition coefficient (Wildman–Crippen LogP) is 2.85. The lowest BCUT2D eigenvalue weighted by Crippen LogP contribution is -2.26. The van der Waals surface area contributed by atoms with Crippen LogP contribution < -0.4 is 10.2 Å². The Labute approximate surface area is 123 Å². The molecular formula is C16H28N4. The molecule has 1 fully saturated rings. The molecule has 0 amide bonds. The molecule has 0 radical (unpaired) electrons. The van der Waals surface area contributed by atoms with Crippen molar-refractivity contribution in [1.82, 2.24) is 15.3 Å². The SMILES string of the molecule is CC(C)CNCc1cncc(N(C)CC2CCCC2)n1. The zero-order valence-electron chi connectivity index (χ0n) is 13.1. The topological polar surface area (TPSA) is 41.1 Å². The van der Waals surface area contributed by atoms with Crippen LogP contribution in [0.4, 0.5) is 5.82 Å². The Morgan fingerprint density at radius 3 is 2.75 bits per heavy atom. The summed E-state index contributed by atoms with van der Waals surface area (Å²) in [7, 11) is 2.13. The van der Waals surface area contributed by atoms with Gasteiger partial charge in [0, 0.05) is 26.3 Å². The Balaban J connectivity index is 1.87. The van der Waals surface area contributed by atoms with Crippen molar-refractivity contribution in [2.75, 3.05) is 25.0 Å². The van der Waals surface area contributed by atoms with Gasteiger partial charge in [-0.1, -0.05) is 26.7 Å². The van der Waals surface area contributed by atoms with Gasteiger partial charge in [-0.3, -0.25) is 4.98 Å². The second-order valence-electron chi connectivity index (χ2n) is 6.42. The molecule has 0 spiro atoms. The number of hydrogen-bond donors (Lipinski definition) is 1. The molecule has 0 aliphatic heterocycles. The fourth-order valence-electron chi connectivity index (χ4n) is 2.83. The molecule has 4 heteroatoms. The van der Waals surface area contributed by atoms with E-state index in [-0.39, 0.29) is 0 Å². The number of aromatic nitrogens is 2. The highest BCUT2D eigenvalue weighted by Gasteiger charge is 2.17. The zero-order valence-corrected chi connectivity index (χ0v) is 13.1. The minimum Gasteiger partial charge on any atom is -0.358 e.